The van der Waals surface area contributed by atoms with Crippen LogP contribution in [0.15, 0.2) is 30.3 Å². The van der Waals surface area contributed by atoms with Crippen LogP contribution in [0.25, 0.3) is 0 Å². The molecule has 0 atom stereocenters. The Morgan fingerprint density at radius 3 is 2.29 bits per heavy atom. The van der Waals surface area contributed by atoms with Crippen LogP contribution in [0, 0.1) is 0 Å². The molecule has 0 fully saturated rings. The average molecular weight is 247 g/mol. The van der Waals surface area contributed by atoms with Crippen molar-refractivity contribution in [1.29, 1.82) is 0 Å². The Hall–Kier alpha value is -2.05. The molecule has 0 radical (unpaired) electrons. The van der Waals surface area contributed by atoms with Crippen molar-refractivity contribution >= 4 is 11.9 Å². The van der Waals surface area contributed by atoms with E-state index in [4.69, 9.17) is 0 Å². The van der Waals surface area contributed by atoms with E-state index in [0.29, 0.717) is 5.56 Å². The van der Waals surface area contributed by atoms with Gasteiger partial charge in [0.2, 0.25) is 0 Å². The van der Waals surface area contributed by atoms with Gasteiger partial charge < -0.3 is 4.84 Å². The lowest BCUT2D eigenvalue weighted by atomic mass is 10.2. The van der Waals surface area contributed by atoms with Crippen molar-refractivity contribution in [3.63, 3.8) is 0 Å². The first-order valence-corrected chi connectivity index (χ1v) is 4.50. The Balaban J connectivity index is 2.39. The van der Waals surface area contributed by atoms with Crippen molar-refractivity contribution in [2.45, 2.75) is 12.6 Å². The fraction of sp³-hybridized carbons (Fsp3) is 0.200. The number of hydrogen-bond donors (Lipinski definition) is 1. The standard InChI is InChI=1S/C10H8F3NO3/c11-10(12,13)9(16)14-17-8(15)6-7-4-2-1-3-5-7/h1-5H,6H2,(H,14,16). The molecule has 7 heteroatoms. The zero-order valence-electron chi connectivity index (χ0n) is 8.45. The molecule has 1 aromatic rings. The highest BCUT2D eigenvalue weighted by Crippen LogP contribution is 2.13. The molecule has 0 saturated carbocycles. The van der Waals surface area contributed by atoms with Crippen molar-refractivity contribution in [2.24, 2.45) is 0 Å². The lowest BCUT2D eigenvalue weighted by Gasteiger charge is -2.07. The summed E-state index contributed by atoms with van der Waals surface area (Å²) in [6.45, 7) is 0. The van der Waals surface area contributed by atoms with E-state index >= 15 is 0 Å². The quantitative estimate of drug-likeness (QED) is 0.803. The van der Waals surface area contributed by atoms with Crippen molar-refractivity contribution in [2.75, 3.05) is 0 Å². The van der Waals surface area contributed by atoms with Crippen LogP contribution in [-0.4, -0.2) is 18.1 Å². The van der Waals surface area contributed by atoms with Gasteiger partial charge in [0.25, 0.3) is 0 Å². The van der Waals surface area contributed by atoms with E-state index in [0.717, 1.165) is 5.48 Å². The minimum Gasteiger partial charge on any atom is -0.340 e. The molecule has 0 aliphatic carbocycles. The number of carbonyl (C=O) groups excluding carboxylic acids is 2. The Bertz CT molecular complexity index is 403. The Kier molecular flexibility index (Phi) is 4.08. The van der Waals surface area contributed by atoms with Gasteiger partial charge in [0.1, 0.15) is 0 Å². The van der Waals surface area contributed by atoms with Gasteiger partial charge in [0.15, 0.2) is 0 Å². The molecule has 17 heavy (non-hydrogen) atoms. The fourth-order valence-corrected chi connectivity index (χ4v) is 0.960. The molecule has 0 aliphatic heterocycles. The van der Waals surface area contributed by atoms with E-state index in [2.05, 4.69) is 4.84 Å². The normalized spacial score (nSPS) is 10.8. The summed E-state index contributed by atoms with van der Waals surface area (Å²) in [5.74, 6) is -3.30. The second kappa shape index (κ2) is 5.33. The van der Waals surface area contributed by atoms with Crippen LogP contribution < -0.4 is 5.48 Å². The number of rotatable bonds is 2. The summed E-state index contributed by atoms with van der Waals surface area (Å²) in [5, 5.41) is 0. The summed E-state index contributed by atoms with van der Waals surface area (Å²) in [6, 6.07) is 8.26. The number of hydrogen-bond acceptors (Lipinski definition) is 3. The minimum atomic E-state index is -5.08. The summed E-state index contributed by atoms with van der Waals surface area (Å²) in [7, 11) is 0. The monoisotopic (exact) mass is 247 g/mol. The Morgan fingerprint density at radius 2 is 1.76 bits per heavy atom. The number of amides is 1. The number of benzene rings is 1. The summed E-state index contributed by atoms with van der Waals surface area (Å²) < 4.78 is 35.2. The maximum absolute atomic E-state index is 11.7. The van der Waals surface area contributed by atoms with E-state index in [1.54, 1.807) is 30.3 Å². The van der Waals surface area contributed by atoms with Gasteiger partial charge in [-0.3, -0.25) is 4.79 Å². The summed E-state index contributed by atoms with van der Waals surface area (Å²) in [4.78, 5) is 25.3. The lowest BCUT2D eigenvalue weighted by molar-refractivity contribution is -0.189. The number of hydroxylamine groups is 1. The lowest BCUT2D eigenvalue weighted by Crippen LogP contribution is -2.38. The van der Waals surface area contributed by atoms with Crippen LogP contribution in [0.3, 0.4) is 0 Å². The third-order valence-electron chi connectivity index (χ3n) is 1.71. The first kappa shape index (κ1) is 13.0. The minimum absolute atomic E-state index is 0.223. The van der Waals surface area contributed by atoms with Crippen molar-refractivity contribution in [3.05, 3.63) is 35.9 Å². The van der Waals surface area contributed by atoms with Crippen molar-refractivity contribution < 1.29 is 27.6 Å². The largest absolute Gasteiger partial charge is 0.474 e. The molecule has 0 heterocycles. The van der Waals surface area contributed by atoms with E-state index in [9.17, 15) is 22.8 Å². The molecule has 0 aliphatic rings. The first-order valence-electron chi connectivity index (χ1n) is 4.50. The van der Waals surface area contributed by atoms with E-state index in [1.165, 1.54) is 0 Å². The second-order valence-corrected chi connectivity index (χ2v) is 3.07. The molecule has 0 unspecified atom stereocenters. The molecule has 1 amide bonds. The average Bonchev–Trinajstić information content (AvgIpc) is 2.26. The van der Waals surface area contributed by atoms with E-state index in [-0.39, 0.29) is 6.42 Å². The maximum atomic E-state index is 11.7. The number of carbonyl (C=O) groups is 2. The van der Waals surface area contributed by atoms with Gasteiger partial charge in [-0.15, -0.1) is 0 Å². The smallest absolute Gasteiger partial charge is 0.340 e. The van der Waals surface area contributed by atoms with Gasteiger partial charge in [-0.1, -0.05) is 30.3 Å². The molecule has 0 bridgehead atoms. The van der Waals surface area contributed by atoms with Crippen LogP contribution in [0.1, 0.15) is 5.56 Å². The van der Waals surface area contributed by atoms with Crippen molar-refractivity contribution in [1.82, 2.24) is 5.48 Å². The van der Waals surface area contributed by atoms with Gasteiger partial charge in [-0.2, -0.15) is 18.7 Å². The molecule has 92 valence electrons. The number of alkyl halides is 3. The van der Waals surface area contributed by atoms with Gasteiger partial charge in [0, 0.05) is 0 Å². The molecular formula is C10H8F3NO3. The van der Waals surface area contributed by atoms with E-state index < -0.39 is 18.1 Å². The van der Waals surface area contributed by atoms with Crippen LogP contribution in [0.2, 0.25) is 0 Å². The molecule has 1 N–H and O–H groups in total. The highest BCUT2D eigenvalue weighted by atomic mass is 19.4. The van der Waals surface area contributed by atoms with Crippen LogP contribution in [-0.2, 0) is 20.8 Å². The summed E-state index contributed by atoms with van der Waals surface area (Å²) >= 11 is 0. The maximum Gasteiger partial charge on any atom is 0.474 e. The highest BCUT2D eigenvalue weighted by Gasteiger charge is 2.39. The molecular weight excluding hydrogens is 239 g/mol. The van der Waals surface area contributed by atoms with E-state index in [1.807, 2.05) is 0 Å². The SMILES string of the molecule is O=C(Cc1ccccc1)ONC(=O)C(F)(F)F. The predicted molar refractivity (Wildman–Crippen MR) is 50.4 cm³/mol. The molecule has 0 spiro atoms. The van der Waals surface area contributed by atoms with Gasteiger partial charge in [-0.05, 0) is 5.56 Å². The molecule has 0 aromatic heterocycles. The zero-order valence-corrected chi connectivity index (χ0v) is 8.45. The zero-order chi connectivity index (χ0) is 12.9. The third kappa shape index (κ3) is 4.54. The summed E-state index contributed by atoms with van der Waals surface area (Å²) in [6.07, 6.45) is -5.30. The molecule has 1 rings (SSSR count). The predicted octanol–water partition coefficient (Wildman–Crippen LogP) is 1.37. The molecule has 0 saturated heterocycles. The van der Waals surface area contributed by atoms with Gasteiger partial charge >= 0.3 is 18.1 Å². The molecule has 1 aromatic carbocycles. The Labute approximate surface area is 94.3 Å². The van der Waals surface area contributed by atoms with Crippen LogP contribution in [0.4, 0.5) is 13.2 Å². The number of halogens is 3. The van der Waals surface area contributed by atoms with Gasteiger partial charge in [-0.25, -0.2) is 4.79 Å². The van der Waals surface area contributed by atoms with Crippen LogP contribution in [0.5, 0.6) is 0 Å². The molecule has 4 nitrogen and oxygen atoms in total. The highest BCUT2D eigenvalue weighted by molar-refractivity contribution is 5.82. The number of nitrogens with one attached hydrogen (secondary N) is 1. The van der Waals surface area contributed by atoms with Crippen molar-refractivity contribution in [3.8, 4) is 0 Å². The second-order valence-electron chi connectivity index (χ2n) is 3.07. The van der Waals surface area contributed by atoms with Gasteiger partial charge in [0.05, 0.1) is 6.42 Å². The fourth-order valence-electron chi connectivity index (χ4n) is 0.960. The first-order chi connectivity index (χ1) is 7.89. The Morgan fingerprint density at radius 1 is 1.18 bits per heavy atom. The topological polar surface area (TPSA) is 55.4 Å². The summed E-state index contributed by atoms with van der Waals surface area (Å²) in [5.41, 5.74) is 1.60. The van der Waals surface area contributed by atoms with Crippen LogP contribution >= 0.6 is 0 Å². The third-order valence-corrected chi connectivity index (χ3v) is 1.71.